The molecule has 2 amide bonds. The molecule has 190 valence electrons. The molecule has 0 radical (unpaired) electrons. The molecular formula is C25H57N3O3. The Hall–Kier alpha value is -1.43. The monoisotopic (exact) mass is 447 g/mol. The van der Waals surface area contributed by atoms with Gasteiger partial charge in [0.1, 0.15) is 12.3 Å². The van der Waals surface area contributed by atoms with Gasteiger partial charge < -0.3 is 20.3 Å². The third-order valence-corrected chi connectivity index (χ3v) is 4.70. The molecule has 0 saturated heterocycles. The molecule has 0 fully saturated rings. The van der Waals surface area contributed by atoms with E-state index < -0.39 is 6.04 Å². The predicted molar refractivity (Wildman–Crippen MR) is 137 cm³/mol. The molecule has 0 heterocycles. The average molecular weight is 448 g/mol. The highest BCUT2D eigenvalue weighted by Crippen LogP contribution is 2.11. The standard InChI is InChI=1S/C20H39N3O3.C3H8.C2H6.2H2/c1-6-12-23(13-7-2)14-9-8-10-18(20(26)21-11-15-24)22-19(25)17(5)16(3)4;1-3-2;1-2;;/h15-18H,6-14H2,1-5H3,(H,21,26)(H,22,25);3H2,1-2H3;1-2H3;2*1H. The molecule has 0 aromatic carbocycles. The first kappa shape index (κ1) is 34.2. The molecule has 31 heavy (non-hydrogen) atoms. The van der Waals surface area contributed by atoms with Crippen LogP contribution in [0.15, 0.2) is 0 Å². The van der Waals surface area contributed by atoms with Crippen molar-refractivity contribution in [1.29, 1.82) is 0 Å². The molecule has 0 rings (SSSR count). The van der Waals surface area contributed by atoms with E-state index in [1.807, 2.05) is 34.6 Å². The summed E-state index contributed by atoms with van der Waals surface area (Å²) < 4.78 is 0. The van der Waals surface area contributed by atoms with E-state index in [1.54, 1.807) is 0 Å². The molecule has 0 saturated carbocycles. The van der Waals surface area contributed by atoms with Crippen molar-refractivity contribution in [2.24, 2.45) is 11.8 Å². The summed E-state index contributed by atoms with van der Waals surface area (Å²) >= 11 is 0. The van der Waals surface area contributed by atoms with Crippen molar-refractivity contribution in [3.63, 3.8) is 0 Å². The maximum absolute atomic E-state index is 12.3. The summed E-state index contributed by atoms with van der Waals surface area (Å²) in [5.74, 6) is -0.323. The Morgan fingerprint density at radius 3 is 1.84 bits per heavy atom. The van der Waals surface area contributed by atoms with Gasteiger partial charge >= 0.3 is 0 Å². The number of unbranched alkanes of at least 4 members (excludes halogenated alkanes) is 1. The molecule has 6 nitrogen and oxygen atoms in total. The van der Waals surface area contributed by atoms with Crippen molar-refractivity contribution < 1.29 is 17.2 Å². The zero-order chi connectivity index (χ0) is 24.7. The summed E-state index contributed by atoms with van der Waals surface area (Å²) in [5.41, 5.74) is 0. The van der Waals surface area contributed by atoms with Crippen LogP contribution in [0, 0.1) is 11.8 Å². The quantitative estimate of drug-likeness (QED) is 0.263. The van der Waals surface area contributed by atoms with Crippen molar-refractivity contribution in [3.8, 4) is 0 Å². The molecular weight excluding hydrogens is 390 g/mol. The summed E-state index contributed by atoms with van der Waals surface area (Å²) in [7, 11) is 0. The van der Waals surface area contributed by atoms with Crippen LogP contribution in [-0.4, -0.2) is 55.2 Å². The number of nitrogens with one attached hydrogen (secondary N) is 2. The fraction of sp³-hybridized carbons (Fsp3) is 0.880. The lowest BCUT2D eigenvalue weighted by Gasteiger charge is -2.23. The third kappa shape index (κ3) is 20.2. The zero-order valence-corrected chi connectivity index (χ0v) is 22.1. The SMILES string of the molecule is CC.CCC.CCCN(CCC)CCCCC(NC(=O)C(C)C(C)C)C(=O)NCC=O.[HH].[HH]. The van der Waals surface area contributed by atoms with Gasteiger partial charge in [-0.15, -0.1) is 0 Å². The first-order valence-electron chi connectivity index (χ1n) is 12.5. The Morgan fingerprint density at radius 2 is 1.42 bits per heavy atom. The molecule has 6 heteroatoms. The molecule has 2 atom stereocenters. The van der Waals surface area contributed by atoms with Crippen LogP contribution in [0.4, 0.5) is 0 Å². The van der Waals surface area contributed by atoms with Gasteiger partial charge in [0, 0.05) is 8.77 Å². The summed E-state index contributed by atoms with van der Waals surface area (Å²) in [6, 6.07) is -0.575. The zero-order valence-electron chi connectivity index (χ0n) is 22.1. The Bertz CT molecular complexity index is 433. The fourth-order valence-electron chi connectivity index (χ4n) is 2.79. The second kappa shape index (κ2) is 24.8. The Balaban J connectivity index is -0.000000343. The molecule has 0 aliphatic carbocycles. The first-order chi connectivity index (χ1) is 14.8. The maximum atomic E-state index is 12.3. The Labute approximate surface area is 196 Å². The minimum Gasteiger partial charge on any atom is -0.348 e. The smallest absolute Gasteiger partial charge is 0.242 e. The van der Waals surface area contributed by atoms with Crippen LogP contribution in [0.25, 0.3) is 0 Å². The van der Waals surface area contributed by atoms with Gasteiger partial charge in [-0.05, 0) is 57.7 Å². The number of carbonyl (C=O) groups excluding carboxylic acids is 3. The Morgan fingerprint density at radius 1 is 0.903 bits per heavy atom. The molecule has 2 unspecified atom stereocenters. The van der Waals surface area contributed by atoms with E-state index in [-0.39, 0.29) is 33.0 Å². The predicted octanol–water partition coefficient (Wildman–Crippen LogP) is 5.31. The second-order valence-electron chi connectivity index (χ2n) is 8.05. The van der Waals surface area contributed by atoms with Crippen molar-refractivity contribution in [1.82, 2.24) is 15.5 Å². The third-order valence-electron chi connectivity index (χ3n) is 4.70. The van der Waals surface area contributed by atoms with E-state index >= 15 is 0 Å². The molecule has 2 N–H and O–H groups in total. The van der Waals surface area contributed by atoms with Gasteiger partial charge in [0.05, 0.1) is 6.54 Å². The molecule has 0 spiro atoms. The van der Waals surface area contributed by atoms with Crippen LogP contribution < -0.4 is 10.6 Å². The van der Waals surface area contributed by atoms with Gasteiger partial charge in [-0.2, -0.15) is 0 Å². The number of nitrogens with zero attached hydrogens (tertiary/aromatic N) is 1. The molecule has 0 aromatic rings. The molecule has 0 aliphatic rings. The van der Waals surface area contributed by atoms with Gasteiger partial charge in [0.15, 0.2) is 0 Å². The minimum atomic E-state index is -0.575. The van der Waals surface area contributed by atoms with Crippen molar-refractivity contribution in [2.45, 2.75) is 107 Å². The van der Waals surface area contributed by atoms with Crippen LogP contribution in [0.3, 0.4) is 0 Å². The highest BCUT2D eigenvalue weighted by Gasteiger charge is 2.24. The van der Waals surface area contributed by atoms with Crippen molar-refractivity contribution >= 4 is 18.1 Å². The van der Waals surface area contributed by atoms with E-state index in [0.29, 0.717) is 12.7 Å². The summed E-state index contributed by atoms with van der Waals surface area (Å²) in [5, 5.41) is 5.43. The lowest BCUT2D eigenvalue weighted by atomic mass is 9.96. The topological polar surface area (TPSA) is 78.5 Å². The minimum absolute atomic E-state index is 0. The second-order valence-corrected chi connectivity index (χ2v) is 8.05. The number of carbonyl (C=O) groups is 3. The number of hydrogen-bond donors (Lipinski definition) is 2. The van der Waals surface area contributed by atoms with Crippen LogP contribution in [0.5, 0.6) is 0 Å². The van der Waals surface area contributed by atoms with Crippen LogP contribution in [0.1, 0.15) is 104 Å². The van der Waals surface area contributed by atoms with E-state index in [0.717, 1.165) is 45.3 Å². The van der Waals surface area contributed by atoms with E-state index in [2.05, 4.69) is 43.2 Å². The lowest BCUT2D eigenvalue weighted by Crippen LogP contribution is -2.49. The highest BCUT2D eigenvalue weighted by molar-refractivity contribution is 5.89. The fourth-order valence-corrected chi connectivity index (χ4v) is 2.79. The average Bonchev–Trinajstić information content (AvgIpc) is 2.75. The van der Waals surface area contributed by atoms with Gasteiger partial charge in [0.25, 0.3) is 0 Å². The first-order valence-corrected chi connectivity index (χ1v) is 12.5. The summed E-state index contributed by atoms with van der Waals surface area (Å²) in [6.45, 7) is 21.6. The Kier molecular flexibility index (Phi) is 27.4. The van der Waals surface area contributed by atoms with Crippen molar-refractivity contribution in [2.75, 3.05) is 26.2 Å². The van der Waals surface area contributed by atoms with E-state index in [4.69, 9.17) is 0 Å². The van der Waals surface area contributed by atoms with Crippen molar-refractivity contribution in [3.05, 3.63) is 0 Å². The summed E-state index contributed by atoms with van der Waals surface area (Å²) in [4.78, 5) is 37.5. The number of hydrogen-bond acceptors (Lipinski definition) is 4. The van der Waals surface area contributed by atoms with Gasteiger partial charge in [-0.25, -0.2) is 0 Å². The molecule has 0 bridgehead atoms. The lowest BCUT2D eigenvalue weighted by molar-refractivity contribution is -0.132. The number of amides is 2. The van der Waals surface area contributed by atoms with Crippen LogP contribution in [0.2, 0.25) is 0 Å². The van der Waals surface area contributed by atoms with Gasteiger partial charge in [0.2, 0.25) is 11.8 Å². The molecule has 0 aliphatic heterocycles. The van der Waals surface area contributed by atoms with Gasteiger partial charge in [-0.1, -0.05) is 68.7 Å². The summed E-state index contributed by atoms with van der Waals surface area (Å²) in [6.07, 6.45) is 6.63. The largest absolute Gasteiger partial charge is 0.348 e. The van der Waals surface area contributed by atoms with Gasteiger partial charge in [-0.3, -0.25) is 9.59 Å². The normalized spacial score (nSPS) is 12.1. The van der Waals surface area contributed by atoms with Crippen LogP contribution >= 0.6 is 0 Å². The molecule has 0 aromatic heterocycles. The highest BCUT2D eigenvalue weighted by atomic mass is 16.2. The number of aldehydes is 1. The maximum Gasteiger partial charge on any atom is 0.242 e. The van der Waals surface area contributed by atoms with E-state index in [1.165, 1.54) is 6.42 Å². The number of rotatable bonds is 15. The van der Waals surface area contributed by atoms with E-state index in [9.17, 15) is 14.4 Å². The van der Waals surface area contributed by atoms with Crippen LogP contribution in [-0.2, 0) is 14.4 Å².